The third-order valence-electron chi connectivity index (χ3n) is 5.85. The van der Waals surface area contributed by atoms with E-state index in [1.165, 1.54) is 24.8 Å². The Kier molecular flexibility index (Phi) is 4.81. The van der Waals surface area contributed by atoms with Gasteiger partial charge in [0.1, 0.15) is 11.9 Å². The molecule has 11 heteroatoms. The molecular formula is C20H21N7O3S. The number of methoxy groups -OCH3 is 1. The lowest BCUT2D eigenvalue weighted by atomic mass is 9.86. The highest BCUT2D eigenvalue weighted by Crippen LogP contribution is 2.36. The largest absolute Gasteiger partial charge is 0.479 e. The molecule has 2 aliphatic rings. The van der Waals surface area contributed by atoms with Crippen molar-refractivity contribution in [2.45, 2.75) is 18.4 Å². The Labute approximate surface area is 182 Å². The van der Waals surface area contributed by atoms with Crippen molar-refractivity contribution in [3.8, 4) is 5.88 Å². The molecular weight excluding hydrogens is 418 g/mol. The van der Waals surface area contributed by atoms with E-state index >= 15 is 0 Å². The molecule has 2 fully saturated rings. The van der Waals surface area contributed by atoms with Crippen LogP contribution in [0.2, 0.25) is 0 Å². The van der Waals surface area contributed by atoms with Gasteiger partial charge in [0.15, 0.2) is 15.5 Å². The lowest BCUT2D eigenvalue weighted by Gasteiger charge is -2.43. The van der Waals surface area contributed by atoms with E-state index in [9.17, 15) is 9.59 Å². The number of hydrogen-bond donors (Lipinski definition) is 2. The summed E-state index contributed by atoms with van der Waals surface area (Å²) in [5, 5.41) is 6.25. The number of urea groups is 1. The molecule has 31 heavy (non-hydrogen) atoms. The number of carbonyl (C=O) groups is 2. The normalized spacial score (nSPS) is 17.8. The molecule has 1 aromatic carbocycles. The lowest BCUT2D eigenvalue weighted by Crippen LogP contribution is -2.57. The van der Waals surface area contributed by atoms with Crippen LogP contribution in [0.4, 0.5) is 15.6 Å². The van der Waals surface area contributed by atoms with E-state index in [-0.39, 0.29) is 11.9 Å². The highest BCUT2D eigenvalue weighted by Gasteiger charge is 2.50. The molecule has 5 rings (SSSR count). The Morgan fingerprint density at radius 3 is 2.74 bits per heavy atom. The van der Waals surface area contributed by atoms with Crippen LogP contribution in [0.3, 0.4) is 0 Å². The average molecular weight is 440 g/mol. The number of nitrogens with one attached hydrogen (secondary N) is 2. The topological polar surface area (TPSA) is 113 Å². The Balaban J connectivity index is 1.29. The van der Waals surface area contributed by atoms with Gasteiger partial charge in [-0.25, -0.2) is 14.8 Å². The zero-order chi connectivity index (χ0) is 21.4. The lowest BCUT2D eigenvalue weighted by molar-refractivity contribution is -0.124. The van der Waals surface area contributed by atoms with Gasteiger partial charge < -0.3 is 19.9 Å². The number of thiazole rings is 1. The molecule has 2 N–H and O–H groups in total. The molecule has 0 bridgehead atoms. The van der Waals surface area contributed by atoms with Crippen molar-refractivity contribution < 1.29 is 14.3 Å². The molecule has 3 amide bonds. The molecule has 0 unspecified atom stereocenters. The van der Waals surface area contributed by atoms with Gasteiger partial charge in [-0.1, -0.05) is 29.5 Å². The van der Waals surface area contributed by atoms with Gasteiger partial charge in [-0.2, -0.15) is 4.98 Å². The van der Waals surface area contributed by atoms with Crippen LogP contribution >= 0.6 is 11.3 Å². The molecule has 0 atom stereocenters. The van der Waals surface area contributed by atoms with Gasteiger partial charge in [0.25, 0.3) is 0 Å². The van der Waals surface area contributed by atoms with Crippen molar-refractivity contribution in [3.05, 3.63) is 36.7 Å². The van der Waals surface area contributed by atoms with Crippen LogP contribution in [0.1, 0.15) is 12.8 Å². The first-order valence-corrected chi connectivity index (χ1v) is 10.7. The maximum Gasteiger partial charge on any atom is 0.323 e. The number of para-hydroxylation sites is 1. The van der Waals surface area contributed by atoms with Crippen LogP contribution < -0.4 is 20.3 Å². The number of ether oxygens (including phenoxy) is 1. The summed E-state index contributed by atoms with van der Waals surface area (Å²) in [6.45, 7) is 1.41. The number of anilines is 2. The molecule has 2 saturated heterocycles. The molecule has 10 nitrogen and oxygen atoms in total. The first-order chi connectivity index (χ1) is 15.1. The second-order valence-electron chi connectivity index (χ2n) is 7.43. The first kappa shape index (κ1) is 19.5. The van der Waals surface area contributed by atoms with E-state index < -0.39 is 5.54 Å². The first-order valence-electron chi connectivity index (χ1n) is 9.93. The summed E-state index contributed by atoms with van der Waals surface area (Å²) >= 11 is 1.26. The number of benzene rings is 1. The molecule has 0 saturated carbocycles. The van der Waals surface area contributed by atoms with Crippen molar-refractivity contribution in [2.24, 2.45) is 0 Å². The van der Waals surface area contributed by atoms with Crippen LogP contribution in [0.5, 0.6) is 5.88 Å². The number of carbonyl (C=O) groups excluding carboxylic acids is 2. The monoisotopic (exact) mass is 439 g/mol. The Hall–Kier alpha value is -3.47. The maximum atomic E-state index is 12.8. The fraction of sp³-hybridized carbons (Fsp3) is 0.350. The smallest absolute Gasteiger partial charge is 0.323 e. The average Bonchev–Trinajstić information content (AvgIpc) is 3.35. The molecule has 4 heterocycles. The quantitative estimate of drug-likeness (QED) is 0.642. The van der Waals surface area contributed by atoms with E-state index in [0.29, 0.717) is 54.0 Å². The fourth-order valence-electron chi connectivity index (χ4n) is 4.22. The third-order valence-corrected chi connectivity index (χ3v) is 6.73. The number of nitrogens with zero attached hydrogens (tertiary/aromatic N) is 5. The second-order valence-corrected chi connectivity index (χ2v) is 8.41. The van der Waals surface area contributed by atoms with Gasteiger partial charge in [-0.15, -0.1) is 0 Å². The van der Waals surface area contributed by atoms with Crippen LogP contribution in [-0.2, 0) is 4.79 Å². The number of amides is 3. The van der Waals surface area contributed by atoms with Crippen molar-refractivity contribution in [1.29, 1.82) is 0 Å². The minimum atomic E-state index is -0.628. The summed E-state index contributed by atoms with van der Waals surface area (Å²) in [4.78, 5) is 42.7. The summed E-state index contributed by atoms with van der Waals surface area (Å²) in [5.41, 5.74) is 0.893. The Bertz CT molecular complexity index is 1130. The van der Waals surface area contributed by atoms with E-state index in [1.54, 1.807) is 4.90 Å². The highest BCUT2D eigenvalue weighted by atomic mass is 32.1. The van der Waals surface area contributed by atoms with Crippen LogP contribution in [0, 0.1) is 0 Å². The third kappa shape index (κ3) is 3.30. The molecule has 0 aliphatic carbocycles. The molecule has 2 aromatic heterocycles. The van der Waals surface area contributed by atoms with Crippen LogP contribution in [0.25, 0.3) is 10.3 Å². The second kappa shape index (κ2) is 7.65. The summed E-state index contributed by atoms with van der Waals surface area (Å²) in [6, 6.07) is 9.65. The number of likely N-dealkylation sites (tertiary alicyclic amines) is 1. The van der Waals surface area contributed by atoms with Crippen molar-refractivity contribution in [3.63, 3.8) is 0 Å². The van der Waals surface area contributed by atoms with E-state index in [0.717, 1.165) is 5.69 Å². The SMILES string of the molecule is COc1ncnc2sc(NC(=O)N3CCC4(CC3)C(=O)NCN4c3ccccc3)nc12. The van der Waals surface area contributed by atoms with Gasteiger partial charge >= 0.3 is 6.03 Å². The molecule has 0 radical (unpaired) electrons. The zero-order valence-corrected chi connectivity index (χ0v) is 17.7. The summed E-state index contributed by atoms with van der Waals surface area (Å²) in [7, 11) is 1.51. The minimum absolute atomic E-state index is 0.0215. The fourth-order valence-corrected chi connectivity index (χ4v) is 5.01. The van der Waals surface area contributed by atoms with Gasteiger partial charge in [-0.05, 0) is 25.0 Å². The van der Waals surface area contributed by atoms with Crippen molar-refractivity contribution >= 4 is 44.4 Å². The standard InChI is InChI=1S/C20H21N7O3S/c1-30-15-14-16(22-11-21-15)31-18(24-14)25-19(29)26-9-7-20(8-10-26)17(28)23-12-27(20)13-5-3-2-4-6-13/h2-6,11H,7-10,12H2,1H3,(H,23,28)(H,24,25,29). The molecule has 1 spiro atoms. The van der Waals surface area contributed by atoms with Crippen molar-refractivity contribution in [1.82, 2.24) is 25.2 Å². The van der Waals surface area contributed by atoms with E-state index in [4.69, 9.17) is 4.74 Å². The summed E-state index contributed by atoms with van der Waals surface area (Å²) < 4.78 is 5.20. The van der Waals surface area contributed by atoms with Crippen LogP contribution in [0.15, 0.2) is 36.7 Å². The minimum Gasteiger partial charge on any atom is -0.479 e. The summed E-state index contributed by atoms with van der Waals surface area (Å²) in [6.07, 6.45) is 2.51. The maximum absolute atomic E-state index is 12.8. The Morgan fingerprint density at radius 2 is 2.00 bits per heavy atom. The molecule has 160 valence electrons. The number of rotatable bonds is 3. The number of fused-ring (bicyclic) bond motifs is 1. The van der Waals surface area contributed by atoms with Gasteiger partial charge in [-0.3, -0.25) is 10.1 Å². The number of aromatic nitrogens is 3. The molecule has 2 aliphatic heterocycles. The Morgan fingerprint density at radius 1 is 1.23 bits per heavy atom. The van der Waals surface area contributed by atoms with Crippen LogP contribution in [-0.4, -0.2) is 64.2 Å². The van der Waals surface area contributed by atoms with Gasteiger partial charge in [0.05, 0.1) is 13.8 Å². The predicted octanol–water partition coefficient (Wildman–Crippen LogP) is 2.06. The van der Waals surface area contributed by atoms with E-state index in [2.05, 4.69) is 30.5 Å². The van der Waals surface area contributed by atoms with E-state index in [1.807, 2.05) is 30.3 Å². The van der Waals surface area contributed by atoms with Gasteiger partial charge in [0, 0.05) is 18.8 Å². The van der Waals surface area contributed by atoms with Gasteiger partial charge in [0.2, 0.25) is 11.8 Å². The number of piperidine rings is 1. The highest BCUT2D eigenvalue weighted by molar-refractivity contribution is 7.22. The zero-order valence-electron chi connectivity index (χ0n) is 16.9. The number of hydrogen-bond acceptors (Lipinski definition) is 8. The predicted molar refractivity (Wildman–Crippen MR) is 116 cm³/mol. The van der Waals surface area contributed by atoms with Crippen molar-refractivity contribution in [2.75, 3.05) is 37.1 Å². The summed E-state index contributed by atoms with van der Waals surface area (Å²) in [5.74, 6) is 0.392. The molecule has 3 aromatic rings.